The second-order valence-electron chi connectivity index (χ2n) is 9.01. The number of aliphatic hydroxyl groups is 1. The fraction of sp³-hybridized carbons (Fsp3) is 0.789. The van der Waals surface area contributed by atoms with E-state index >= 15 is 0 Å². The van der Waals surface area contributed by atoms with Crippen LogP contribution in [0.3, 0.4) is 0 Å². The molecule has 3 fully saturated rings. The van der Waals surface area contributed by atoms with Gasteiger partial charge in [-0.2, -0.15) is 0 Å². The van der Waals surface area contributed by atoms with Crippen molar-refractivity contribution in [2.24, 2.45) is 0 Å². The Morgan fingerprint density at radius 3 is 2.30 bits per heavy atom. The Balaban J connectivity index is 1.48. The number of hydrogen-bond donors (Lipinski definition) is 1. The Morgan fingerprint density at radius 1 is 1.11 bits per heavy atom. The lowest BCUT2D eigenvalue weighted by molar-refractivity contribution is 0.00578. The second kappa shape index (κ2) is 6.99. The van der Waals surface area contributed by atoms with Crippen LogP contribution in [0.4, 0.5) is 5.95 Å². The van der Waals surface area contributed by atoms with Gasteiger partial charge >= 0.3 is 7.12 Å². The number of rotatable bonds is 6. The number of nitrogens with zero attached hydrogens (tertiary/aromatic N) is 4. The van der Waals surface area contributed by atoms with Gasteiger partial charge in [0.25, 0.3) is 0 Å². The molecule has 3 aliphatic rings. The summed E-state index contributed by atoms with van der Waals surface area (Å²) in [5.74, 6) is 0.800. The number of aromatic nitrogens is 2. The van der Waals surface area contributed by atoms with E-state index in [4.69, 9.17) is 9.31 Å². The number of hydrogen-bond acceptors (Lipinski definition) is 7. The molecule has 0 spiro atoms. The Hall–Kier alpha value is -1.22. The lowest BCUT2D eigenvalue weighted by Crippen LogP contribution is -2.42. The zero-order valence-corrected chi connectivity index (χ0v) is 16.9. The van der Waals surface area contributed by atoms with E-state index in [-0.39, 0.29) is 17.8 Å². The fourth-order valence-electron chi connectivity index (χ4n) is 3.93. The summed E-state index contributed by atoms with van der Waals surface area (Å²) in [7, 11) is -0.426. The molecule has 3 heterocycles. The van der Waals surface area contributed by atoms with Gasteiger partial charge in [-0.3, -0.25) is 4.90 Å². The molecule has 8 heteroatoms. The molecule has 1 aliphatic carbocycles. The predicted molar refractivity (Wildman–Crippen MR) is 105 cm³/mol. The van der Waals surface area contributed by atoms with Crippen LogP contribution in [0.25, 0.3) is 0 Å². The average molecular weight is 374 g/mol. The average Bonchev–Trinajstić information content (AvgIpc) is 3.28. The van der Waals surface area contributed by atoms with Crippen LogP contribution in [0.2, 0.25) is 0 Å². The van der Waals surface area contributed by atoms with Crippen molar-refractivity contribution < 1.29 is 14.4 Å². The number of aliphatic hydroxyl groups excluding tert-OH is 1. The van der Waals surface area contributed by atoms with Gasteiger partial charge in [0.1, 0.15) is 0 Å². The molecule has 0 amide bonds. The van der Waals surface area contributed by atoms with Crippen molar-refractivity contribution >= 4 is 18.5 Å². The minimum atomic E-state index is -0.426. The van der Waals surface area contributed by atoms with Crippen molar-refractivity contribution in [2.75, 3.05) is 31.1 Å². The highest BCUT2D eigenvalue weighted by Crippen LogP contribution is 2.37. The van der Waals surface area contributed by atoms with Gasteiger partial charge in [-0.25, -0.2) is 9.97 Å². The van der Waals surface area contributed by atoms with Crippen LogP contribution in [0, 0.1) is 0 Å². The van der Waals surface area contributed by atoms with E-state index in [1.807, 2.05) is 12.4 Å². The van der Waals surface area contributed by atoms with E-state index in [2.05, 4.69) is 47.5 Å². The summed E-state index contributed by atoms with van der Waals surface area (Å²) < 4.78 is 12.2. The van der Waals surface area contributed by atoms with E-state index in [0.29, 0.717) is 12.1 Å². The molecule has 0 aromatic carbocycles. The summed E-state index contributed by atoms with van der Waals surface area (Å²) in [5.41, 5.74) is 0.133. The van der Waals surface area contributed by atoms with Gasteiger partial charge in [0.2, 0.25) is 5.95 Å². The highest BCUT2D eigenvalue weighted by atomic mass is 16.7. The molecule has 4 rings (SSSR count). The van der Waals surface area contributed by atoms with Crippen LogP contribution in [0.15, 0.2) is 12.4 Å². The summed E-state index contributed by atoms with van der Waals surface area (Å²) in [4.78, 5) is 14.1. The summed E-state index contributed by atoms with van der Waals surface area (Å²) in [6, 6.07) is 0.971. The molecule has 1 saturated carbocycles. The third-order valence-corrected chi connectivity index (χ3v) is 6.41. The van der Waals surface area contributed by atoms with Gasteiger partial charge in [-0.1, -0.05) is 0 Å². The topological polar surface area (TPSA) is 71.0 Å². The monoisotopic (exact) mass is 374 g/mol. The molecule has 27 heavy (non-hydrogen) atoms. The lowest BCUT2D eigenvalue weighted by Gasteiger charge is -2.32. The molecular weight excluding hydrogens is 343 g/mol. The van der Waals surface area contributed by atoms with Crippen molar-refractivity contribution in [3.05, 3.63) is 12.4 Å². The first-order valence-electron chi connectivity index (χ1n) is 10.1. The van der Waals surface area contributed by atoms with Gasteiger partial charge in [0.15, 0.2) is 0 Å². The van der Waals surface area contributed by atoms with E-state index < -0.39 is 7.12 Å². The van der Waals surface area contributed by atoms with Gasteiger partial charge in [-0.15, -0.1) is 0 Å². The number of β-amino-alcohol motifs (C(OH)–C–C–N with tert-alkyl or cyclic N) is 1. The third-order valence-electron chi connectivity index (χ3n) is 6.41. The van der Waals surface area contributed by atoms with Crippen molar-refractivity contribution in [3.63, 3.8) is 0 Å². The molecule has 0 bridgehead atoms. The van der Waals surface area contributed by atoms with E-state index in [0.717, 1.165) is 37.5 Å². The van der Waals surface area contributed by atoms with Crippen LogP contribution < -0.4 is 10.4 Å². The zero-order chi connectivity index (χ0) is 19.2. The first-order chi connectivity index (χ1) is 12.8. The minimum absolute atomic E-state index is 0.218. The van der Waals surface area contributed by atoms with Crippen LogP contribution in [-0.2, 0) is 9.31 Å². The summed E-state index contributed by atoms with van der Waals surface area (Å²) in [5, 5.41) is 9.19. The van der Waals surface area contributed by atoms with Crippen molar-refractivity contribution in [1.82, 2.24) is 14.9 Å². The standard InChI is InChI=1S/C19H31BN4O3/c1-18(2)19(3,4)27-20(26-18)14-11-21-17(22-12-14)24(15-5-6-15)16-7-8-23(13-16)9-10-25/h11-12,15-16,25H,5-10,13H2,1-4H3/t16-/m0/s1. The Morgan fingerprint density at radius 2 is 1.74 bits per heavy atom. The molecule has 2 aliphatic heterocycles. The lowest BCUT2D eigenvalue weighted by atomic mass is 9.81. The van der Waals surface area contributed by atoms with Gasteiger partial charge in [-0.05, 0) is 47.0 Å². The summed E-state index contributed by atoms with van der Waals surface area (Å²) in [6.07, 6.45) is 7.21. The molecular formula is C19H31BN4O3. The molecule has 1 aromatic rings. The van der Waals surface area contributed by atoms with Crippen LogP contribution in [0.5, 0.6) is 0 Å². The maximum absolute atomic E-state index is 9.19. The Kier molecular flexibility index (Phi) is 4.95. The number of likely N-dealkylation sites (tertiary alicyclic amines) is 1. The highest BCUT2D eigenvalue weighted by Gasteiger charge is 2.52. The van der Waals surface area contributed by atoms with E-state index in [1.54, 1.807) is 0 Å². The van der Waals surface area contributed by atoms with E-state index in [1.165, 1.54) is 12.8 Å². The fourth-order valence-corrected chi connectivity index (χ4v) is 3.93. The molecule has 0 unspecified atom stereocenters. The molecule has 1 aromatic heterocycles. The largest absolute Gasteiger partial charge is 0.498 e. The molecule has 1 N–H and O–H groups in total. The predicted octanol–water partition coefficient (Wildman–Crippen LogP) is 0.811. The zero-order valence-electron chi connectivity index (χ0n) is 16.9. The maximum Gasteiger partial charge on any atom is 0.498 e. The summed E-state index contributed by atoms with van der Waals surface area (Å²) in [6.45, 7) is 11.2. The van der Waals surface area contributed by atoms with Crippen LogP contribution in [-0.4, -0.2) is 76.6 Å². The van der Waals surface area contributed by atoms with Gasteiger partial charge in [0.05, 0.1) is 17.8 Å². The normalized spacial score (nSPS) is 27.3. The van der Waals surface area contributed by atoms with Crippen LogP contribution in [0.1, 0.15) is 47.0 Å². The molecule has 2 saturated heterocycles. The number of anilines is 1. The van der Waals surface area contributed by atoms with Crippen LogP contribution >= 0.6 is 0 Å². The molecule has 7 nitrogen and oxygen atoms in total. The van der Waals surface area contributed by atoms with Crippen molar-refractivity contribution in [3.8, 4) is 0 Å². The minimum Gasteiger partial charge on any atom is -0.399 e. The first-order valence-corrected chi connectivity index (χ1v) is 10.1. The smallest absolute Gasteiger partial charge is 0.399 e. The molecule has 1 atom stereocenters. The Bertz CT molecular complexity index is 649. The van der Waals surface area contributed by atoms with E-state index in [9.17, 15) is 5.11 Å². The molecule has 148 valence electrons. The summed E-state index contributed by atoms with van der Waals surface area (Å²) >= 11 is 0. The van der Waals surface area contributed by atoms with Crippen molar-refractivity contribution in [2.45, 2.75) is 70.2 Å². The maximum atomic E-state index is 9.19. The third kappa shape index (κ3) is 3.72. The first kappa shape index (κ1) is 19.1. The highest BCUT2D eigenvalue weighted by molar-refractivity contribution is 6.61. The SMILES string of the molecule is CC1(C)OB(c2cnc(N(C3CC3)[C@H]3CCN(CCO)C3)nc2)OC1(C)C. The quantitative estimate of drug-likeness (QED) is 0.739. The Labute approximate surface area is 162 Å². The second-order valence-corrected chi connectivity index (χ2v) is 9.01. The van der Waals surface area contributed by atoms with Gasteiger partial charge < -0.3 is 19.3 Å². The van der Waals surface area contributed by atoms with Crippen molar-refractivity contribution in [1.29, 1.82) is 0 Å². The van der Waals surface area contributed by atoms with Gasteiger partial charge in [0, 0.05) is 49.6 Å². The molecule has 0 radical (unpaired) electrons.